The molecule has 0 aliphatic heterocycles. The zero-order chi connectivity index (χ0) is 12.8. The van der Waals surface area contributed by atoms with E-state index in [-0.39, 0.29) is 0 Å². The van der Waals surface area contributed by atoms with Crippen molar-refractivity contribution in [2.45, 2.75) is 76.7 Å². The van der Waals surface area contributed by atoms with Crippen LogP contribution in [-0.4, -0.2) is 6.04 Å². The molecule has 4 saturated carbocycles. The van der Waals surface area contributed by atoms with E-state index < -0.39 is 0 Å². The largest absolute Gasteiger partial charge is 0.328 e. The van der Waals surface area contributed by atoms with Crippen molar-refractivity contribution in [3.8, 4) is 0 Å². The molecule has 4 atom stereocenters. The second-order valence-corrected chi connectivity index (χ2v) is 8.39. The Morgan fingerprint density at radius 2 is 1.16 bits per heavy atom. The molecule has 0 aromatic heterocycles. The van der Waals surface area contributed by atoms with Gasteiger partial charge in [0, 0.05) is 6.04 Å². The molecule has 4 unspecified atom stereocenters. The van der Waals surface area contributed by atoms with Crippen LogP contribution in [0.25, 0.3) is 0 Å². The molecule has 0 aromatic rings. The molecule has 1 nitrogen and oxygen atoms in total. The van der Waals surface area contributed by atoms with Crippen LogP contribution in [-0.2, 0) is 0 Å². The monoisotopic (exact) mass is 261 g/mol. The molecule has 0 heterocycles. The van der Waals surface area contributed by atoms with Crippen LogP contribution < -0.4 is 5.73 Å². The summed E-state index contributed by atoms with van der Waals surface area (Å²) in [6, 6.07) is 0.537. The first-order valence-electron chi connectivity index (χ1n) is 9.05. The summed E-state index contributed by atoms with van der Waals surface area (Å²) in [6.45, 7) is 0. The van der Waals surface area contributed by atoms with Crippen LogP contribution in [0.1, 0.15) is 70.6 Å². The molecule has 0 aromatic carbocycles. The molecule has 0 amide bonds. The number of fused-ring (bicyclic) bond motifs is 4. The van der Waals surface area contributed by atoms with Crippen molar-refractivity contribution < 1.29 is 0 Å². The Hall–Kier alpha value is -0.0400. The SMILES string of the molecule is NC1CC2CCCC(C1)C2C1CC2CCCC(C2)C1. The van der Waals surface area contributed by atoms with E-state index in [2.05, 4.69) is 0 Å². The quantitative estimate of drug-likeness (QED) is 0.746. The average molecular weight is 261 g/mol. The maximum absolute atomic E-state index is 6.31. The maximum atomic E-state index is 6.31. The van der Waals surface area contributed by atoms with E-state index in [0.717, 1.165) is 35.5 Å². The lowest BCUT2D eigenvalue weighted by atomic mass is 9.54. The van der Waals surface area contributed by atoms with E-state index in [1.165, 1.54) is 38.5 Å². The van der Waals surface area contributed by atoms with E-state index in [1.807, 2.05) is 0 Å². The minimum atomic E-state index is 0.537. The van der Waals surface area contributed by atoms with E-state index in [9.17, 15) is 0 Å². The zero-order valence-corrected chi connectivity index (χ0v) is 12.4. The summed E-state index contributed by atoms with van der Waals surface area (Å²) in [6.07, 6.45) is 16.6. The van der Waals surface area contributed by atoms with Gasteiger partial charge in [-0.05, 0) is 67.6 Å². The van der Waals surface area contributed by atoms with Crippen LogP contribution in [0.15, 0.2) is 0 Å². The highest BCUT2D eigenvalue weighted by molar-refractivity contribution is 4.97. The van der Waals surface area contributed by atoms with Gasteiger partial charge in [-0.3, -0.25) is 0 Å². The smallest absolute Gasteiger partial charge is 0.00443 e. The summed E-state index contributed by atoms with van der Waals surface area (Å²) in [5.41, 5.74) is 6.31. The second-order valence-electron chi connectivity index (χ2n) is 8.39. The van der Waals surface area contributed by atoms with Gasteiger partial charge in [-0.2, -0.15) is 0 Å². The lowest BCUT2D eigenvalue weighted by molar-refractivity contribution is -0.00970. The minimum absolute atomic E-state index is 0.537. The van der Waals surface area contributed by atoms with Gasteiger partial charge < -0.3 is 5.73 Å². The molecule has 0 saturated heterocycles. The summed E-state index contributed by atoms with van der Waals surface area (Å²) in [5.74, 6) is 6.39. The summed E-state index contributed by atoms with van der Waals surface area (Å²) < 4.78 is 0. The van der Waals surface area contributed by atoms with Crippen molar-refractivity contribution in [2.75, 3.05) is 0 Å². The Labute approximate surface area is 118 Å². The first kappa shape index (κ1) is 12.7. The summed E-state index contributed by atoms with van der Waals surface area (Å²) >= 11 is 0. The molecule has 4 fully saturated rings. The van der Waals surface area contributed by atoms with Gasteiger partial charge in [-0.25, -0.2) is 0 Å². The molecule has 4 bridgehead atoms. The molecule has 19 heavy (non-hydrogen) atoms. The zero-order valence-electron chi connectivity index (χ0n) is 12.4. The number of hydrogen-bond acceptors (Lipinski definition) is 1. The molecule has 4 aliphatic carbocycles. The fourth-order valence-electron chi connectivity index (χ4n) is 6.70. The number of hydrogen-bond donors (Lipinski definition) is 1. The van der Waals surface area contributed by atoms with Crippen molar-refractivity contribution in [1.82, 2.24) is 0 Å². The van der Waals surface area contributed by atoms with E-state index in [0.29, 0.717) is 6.04 Å². The van der Waals surface area contributed by atoms with Gasteiger partial charge >= 0.3 is 0 Å². The fraction of sp³-hybridized carbons (Fsp3) is 1.00. The molecule has 2 N–H and O–H groups in total. The number of nitrogens with two attached hydrogens (primary N) is 1. The minimum Gasteiger partial charge on any atom is -0.328 e. The third-order valence-corrected chi connectivity index (χ3v) is 7.16. The first-order chi connectivity index (χ1) is 9.29. The highest BCUT2D eigenvalue weighted by Gasteiger charge is 2.45. The molecule has 4 aliphatic rings. The Bertz CT molecular complexity index is 300. The van der Waals surface area contributed by atoms with Gasteiger partial charge in [0.15, 0.2) is 0 Å². The Kier molecular flexibility index (Phi) is 3.38. The highest BCUT2D eigenvalue weighted by Crippen LogP contribution is 2.54. The normalized spacial score (nSPS) is 53.8. The van der Waals surface area contributed by atoms with Crippen LogP contribution in [0.4, 0.5) is 0 Å². The highest BCUT2D eigenvalue weighted by atomic mass is 14.7. The van der Waals surface area contributed by atoms with Crippen LogP contribution in [0.2, 0.25) is 0 Å². The average Bonchev–Trinajstić information content (AvgIpc) is 2.37. The van der Waals surface area contributed by atoms with Crippen molar-refractivity contribution >= 4 is 0 Å². The molecule has 0 radical (unpaired) electrons. The van der Waals surface area contributed by atoms with Crippen molar-refractivity contribution in [3.05, 3.63) is 0 Å². The van der Waals surface area contributed by atoms with Crippen molar-refractivity contribution in [3.63, 3.8) is 0 Å². The Balaban J connectivity index is 1.51. The lowest BCUT2D eigenvalue weighted by Gasteiger charge is -2.52. The van der Waals surface area contributed by atoms with Crippen molar-refractivity contribution in [2.24, 2.45) is 41.2 Å². The van der Waals surface area contributed by atoms with E-state index >= 15 is 0 Å². The Morgan fingerprint density at radius 1 is 0.579 bits per heavy atom. The molecule has 0 spiro atoms. The summed E-state index contributed by atoms with van der Waals surface area (Å²) in [5, 5.41) is 0. The van der Waals surface area contributed by atoms with Gasteiger partial charge in [0.1, 0.15) is 0 Å². The predicted octanol–water partition coefficient (Wildman–Crippen LogP) is 4.36. The van der Waals surface area contributed by atoms with Gasteiger partial charge in [0.25, 0.3) is 0 Å². The standard InChI is InChI=1S/C18H31N/c19-17-10-14-5-2-6-15(11-17)18(14)16-8-12-3-1-4-13(7-12)9-16/h12-18H,1-11,19H2. The topological polar surface area (TPSA) is 26.0 Å². The van der Waals surface area contributed by atoms with E-state index in [4.69, 9.17) is 5.73 Å². The van der Waals surface area contributed by atoms with Crippen LogP contribution in [0, 0.1) is 35.5 Å². The van der Waals surface area contributed by atoms with Crippen LogP contribution >= 0.6 is 0 Å². The lowest BCUT2D eigenvalue weighted by Crippen LogP contribution is -2.46. The molecule has 4 rings (SSSR count). The van der Waals surface area contributed by atoms with Gasteiger partial charge in [0.05, 0.1) is 0 Å². The first-order valence-corrected chi connectivity index (χ1v) is 9.05. The van der Waals surface area contributed by atoms with Crippen molar-refractivity contribution in [1.29, 1.82) is 0 Å². The van der Waals surface area contributed by atoms with Crippen LogP contribution in [0.3, 0.4) is 0 Å². The molecular formula is C18H31N. The second kappa shape index (κ2) is 5.06. The summed E-state index contributed by atoms with van der Waals surface area (Å²) in [7, 11) is 0. The van der Waals surface area contributed by atoms with Gasteiger partial charge in [-0.15, -0.1) is 0 Å². The molecule has 108 valence electrons. The van der Waals surface area contributed by atoms with Gasteiger partial charge in [-0.1, -0.05) is 38.5 Å². The molecule has 1 heteroatoms. The Morgan fingerprint density at radius 3 is 1.79 bits per heavy atom. The van der Waals surface area contributed by atoms with Crippen LogP contribution in [0.5, 0.6) is 0 Å². The maximum Gasteiger partial charge on any atom is 0.00443 e. The predicted molar refractivity (Wildman–Crippen MR) is 79.7 cm³/mol. The molecular weight excluding hydrogens is 230 g/mol. The van der Waals surface area contributed by atoms with Gasteiger partial charge in [0.2, 0.25) is 0 Å². The van der Waals surface area contributed by atoms with E-state index in [1.54, 1.807) is 32.1 Å². The summed E-state index contributed by atoms with van der Waals surface area (Å²) in [4.78, 5) is 0. The third kappa shape index (κ3) is 2.37. The fourth-order valence-corrected chi connectivity index (χ4v) is 6.70. The third-order valence-electron chi connectivity index (χ3n) is 7.16. The number of rotatable bonds is 1.